The Morgan fingerprint density at radius 3 is 2.80 bits per heavy atom. The Hall–Kier alpha value is -1.48. The average molecular weight is 273 g/mol. The van der Waals surface area contributed by atoms with Crippen LogP contribution in [0.5, 0.6) is 5.75 Å². The minimum Gasteiger partial charge on any atom is -0.488 e. The highest BCUT2D eigenvalue weighted by Crippen LogP contribution is 2.28. The molecule has 2 aliphatic rings. The lowest BCUT2D eigenvalue weighted by atomic mass is 10.1. The maximum Gasteiger partial charge on any atom is 0.142 e. The van der Waals surface area contributed by atoms with Gasteiger partial charge in [0.1, 0.15) is 11.9 Å². The molecule has 0 bridgehead atoms. The monoisotopic (exact) mass is 273 g/mol. The van der Waals surface area contributed by atoms with Crippen molar-refractivity contribution in [3.8, 4) is 5.75 Å². The van der Waals surface area contributed by atoms with E-state index in [0.717, 1.165) is 44.0 Å². The number of nitrogens with one attached hydrogen (secondary N) is 1. The van der Waals surface area contributed by atoms with Crippen LogP contribution in [0.1, 0.15) is 25.7 Å². The van der Waals surface area contributed by atoms with Gasteiger partial charge in [-0.05, 0) is 30.9 Å². The lowest BCUT2D eigenvalue weighted by Crippen LogP contribution is -2.26. The lowest BCUT2D eigenvalue weighted by molar-refractivity contribution is 0.0258. The Labute approximate surface area is 121 Å². The van der Waals surface area contributed by atoms with Gasteiger partial charge in [0.2, 0.25) is 0 Å². The summed E-state index contributed by atoms with van der Waals surface area (Å²) in [5.41, 5.74) is 1.11. The van der Waals surface area contributed by atoms with Gasteiger partial charge in [0.15, 0.2) is 0 Å². The summed E-state index contributed by atoms with van der Waals surface area (Å²) in [5, 5.41) is 3.54. The molecule has 1 aromatic carbocycles. The summed E-state index contributed by atoms with van der Waals surface area (Å²) in [5.74, 6) is 1.63. The molecule has 0 saturated carbocycles. The number of hydrogen-bond acceptors (Lipinski definition) is 3. The summed E-state index contributed by atoms with van der Waals surface area (Å²) in [7, 11) is 0. The lowest BCUT2D eigenvalue weighted by Gasteiger charge is -2.25. The van der Waals surface area contributed by atoms with E-state index in [1.54, 1.807) is 0 Å². The third-order valence-electron chi connectivity index (χ3n) is 4.02. The van der Waals surface area contributed by atoms with Crippen LogP contribution in [-0.4, -0.2) is 25.9 Å². The molecule has 1 N–H and O–H groups in total. The maximum atomic E-state index is 6.14. The predicted octanol–water partition coefficient (Wildman–Crippen LogP) is 3.62. The average Bonchev–Trinajstić information content (AvgIpc) is 3.01. The summed E-state index contributed by atoms with van der Waals surface area (Å²) in [6, 6.07) is 8.26. The standard InChI is InChI=1S/C17H23NO2/c1-2-6-14(5-1)13-18-16-7-3-4-8-17(16)20-15-9-11-19-12-10-15/h1,3-5,7-8,14-15,18H,2,6,9-13H2. The topological polar surface area (TPSA) is 30.5 Å². The molecule has 1 atom stereocenters. The molecular weight excluding hydrogens is 250 g/mol. The molecule has 0 amide bonds. The summed E-state index contributed by atoms with van der Waals surface area (Å²) in [4.78, 5) is 0. The molecule has 1 aromatic rings. The van der Waals surface area contributed by atoms with Gasteiger partial charge in [-0.1, -0.05) is 24.3 Å². The van der Waals surface area contributed by atoms with Gasteiger partial charge >= 0.3 is 0 Å². The number of anilines is 1. The zero-order valence-electron chi connectivity index (χ0n) is 11.9. The van der Waals surface area contributed by atoms with Crippen molar-refractivity contribution in [1.29, 1.82) is 0 Å². The van der Waals surface area contributed by atoms with Crippen LogP contribution in [0.3, 0.4) is 0 Å². The Bertz CT molecular complexity index is 452. The smallest absolute Gasteiger partial charge is 0.142 e. The number of para-hydroxylation sites is 2. The van der Waals surface area contributed by atoms with E-state index in [9.17, 15) is 0 Å². The van der Waals surface area contributed by atoms with Gasteiger partial charge < -0.3 is 14.8 Å². The van der Waals surface area contributed by atoms with Gasteiger partial charge in [-0.2, -0.15) is 0 Å². The third kappa shape index (κ3) is 3.54. The highest BCUT2D eigenvalue weighted by molar-refractivity contribution is 5.56. The molecule has 1 unspecified atom stereocenters. The van der Waals surface area contributed by atoms with Crippen LogP contribution in [0, 0.1) is 5.92 Å². The Kier molecular flexibility index (Phi) is 4.59. The summed E-state index contributed by atoms with van der Waals surface area (Å²) in [6.07, 6.45) is 9.33. The van der Waals surface area contributed by atoms with Crippen molar-refractivity contribution in [2.24, 2.45) is 5.92 Å². The van der Waals surface area contributed by atoms with Crippen molar-refractivity contribution in [2.45, 2.75) is 31.8 Å². The van der Waals surface area contributed by atoms with Crippen LogP contribution in [0.25, 0.3) is 0 Å². The molecular formula is C17H23NO2. The second kappa shape index (κ2) is 6.80. The predicted molar refractivity (Wildman–Crippen MR) is 81.3 cm³/mol. The number of allylic oxidation sites excluding steroid dienone is 1. The van der Waals surface area contributed by atoms with Crippen molar-refractivity contribution < 1.29 is 9.47 Å². The van der Waals surface area contributed by atoms with E-state index >= 15 is 0 Å². The Balaban J connectivity index is 1.59. The second-order valence-electron chi connectivity index (χ2n) is 5.57. The zero-order chi connectivity index (χ0) is 13.6. The van der Waals surface area contributed by atoms with Gasteiger partial charge in [0, 0.05) is 19.4 Å². The summed E-state index contributed by atoms with van der Waals surface area (Å²) in [6.45, 7) is 2.62. The number of rotatable bonds is 5. The minimum absolute atomic E-state index is 0.290. The molecule has 1 saturated heterocycles. The molecule has 3 nitrogen and oxygen atoms in total. The fraction of sp³-hybridized carbons (Fsp3) is 0.529. The van der Waals surface area contributed by atoms with E-state index in [1.807, 2.05) is 6.07 Å². The van der Waals surface area contributed by atoms with E-state index < -0.39 is 0 Å². The summed E-state index contributed by atoms with van der Waals surface area (Å²) >= 11 is 0. The van der Waals surface area contributed by atoms with Crippen molar-refractivity contribution in [3.05, 3.63) is 36.4 Å². The molecule has 3 rings (SSSR count). The zero-order valence-corrected chi connectivity index (χ0v) is 11.9. The largest absolute Gasteiger partial charge is 0.488 e. The normalized spacial score (nSPS) is 22.9. The third-order valence-corrected chi connectivity index (χ3v) is 4.02. The van der Waals surface area contributed by atoms with Crippen LogP contribution in [0.15, 0.2) is 36.4 Å². The SMILES string of the molecule is C1=CC(CNc2ccccc2OC2CCOCC2)CC1. The second-order valence-corrected chi connectivity index (χ2v) is 5.57. The highest BCUT2D eigenvalue weighted by atomic mass is 16.5. The van der Waals surface area contributed by atoms with Gasteiger partial charge in [-0.25, -0.2) is 0 Å². The highest BCUT2D eigenvalue weighted by Gasteiger charge is 2.17. The molecule has 0 radical (unpaired) electrons. The molecule has 20 heavy (non-hydrogen) atoms. The van der Waals surface area contributed by atoms with Crippen LogP contribution in [0.4, 0.5) is 5.69 Å². The quantitative estimate of drug-likeness (QED) is 0.831. The first-order valence-electron chi connectivity index (χ1n) is 7.66. The summed E-state index contributed by atoms with van der Waals surface area (Å²) < 4.78 is 11.5. The van der Waals surface area contributed by atoms with Crippen molar-refractivity contribution in [1.82, 2.24) is 0 Å². The number of ether oxygens (including phenoxy) is 2. The molecule has 3 heteroatoms. The number of hydrogen-bond donors (Lipinski definition) is 1. The van der Waals surface area contributed by atoms with Crippen LogP contribution < -0.4 is 10.1 Å². The van der Waals surface area contributed by atoms with E-state index in [2.05, 4.69) is 35.7 Å². The molecule has 108 valence electrons. The van der Waals surface area contributed by atoms with Crippen LogP contribution in [-0.2, 0) is 4.74 Å². The van der Waals surface area contributed by atoms with Gasteiger partial charge in [0.25, 0.3) is 0 Å². The number of benzene rings is 1. The van der Waals surface area contributed by atoms with Crippen LogP contribution in [0.2, 0.25) is 0 Å². The molecule has 0 aromatic heterocycles. The van der Waals surface area contributed by atoms with E-state index in [4.69, 9.17) is 9.47 Å². The van der Waals surface area contributed by atoms with Gasteiger partial charge in [-0.15, -0.1) is 0 Å². The van der Waals surface area contributed by atoms with Gasteiger partial charge in [-0.3, -0.25) is 0 Å². The maximum absolute atomic E-state index is 6.14. The molecule has 1 aliphatic carbocycles. The molecule has 0 spiro atoms. The minimum atomic E-state index is 0.290. The Morgan fingerprint density at radius 1 is 1.15 bits per heavy atom. The van der Waals surface area contributed by atoms with E-state index in [1.165, 1.54) is 12.8 Å². The fourth-order valence-corrected chi connectivity index (χ4v) is 2.80. The first-order valence-corrected chi connectivity index (χ1v) is 7.66. The van der Waals surface area contributed by atoms with E-state index in [0.29, 0.717) is 5.92 Å². The molecule has 1 fully saturated rings. The van der Waals surface area contributed by atoms with Crippen molar-refractivity contribution >= 4 is 5.69 Å². The van der Waals surface area contributed by atoms with Crippen molar-refractivity contribution in [2.75, 3.05) is 25.1 Å². The molecule has 1 aliphatic heterocycles. The molecule has 1 heterocycles. The van der Waals surface area contributed by atoms with Crippen molar-refractivity contribution in [3.63, 3.8) is 0 Å². The first kappa shape index (κ1) is 13.5. The first-order chi connectivity index (χ1) is 9.92. The Morgan fingerprint density at radius 2 is 2.00 bits per heavy atom. The van der Waals surface area contributed by atoms with Gasteiger partial charge in [0.05, 0.1) is 18.9 Å². The van der Waals surface area contributed by atoms with Crippen LogP contribution >= 0.6 is 0 Å². The van der Waals surface area contributed by atoms with E-state index in [-0.39, 0.29) is 6.10 Å². The fourth-order valence-electron chi connectivity index (χ4n) is 2.80.